The number of benzene rings is 2. The highest BCUT2D eigenvalue weighted by molar-refractivity contribution is 7.91. The molecule has 3 aromatic rings. The third-order valence-electron chi connectivity index (χ3n) is 4.65. The minimum absolute atomic E-state index is 0.0751. The van der Waals surface area contributed by atoms with Crippen LogP contribution < -0.4 is 5.56 Å². The molecule has 6 nitrogen and oxygen atoms in total. The van der Waals surface area contributed by atoms with Crippen molar-refractivity contribution < 1.29 is 8.42 Å². The van der Waals surface area contributed by atoms with Crippen LogP contribution >= 0.6 is 0 Å². The summed E-state index contributed by atoms with van der Waals surface area (Å²) in [7, 11) is -3.60. The number of hydrogen-bond donors (Lipinski definition) is 0. The van der Waals surface area contributed by atoms with Crippen molar-refractivity contribution in [3.63, 3.8) is 0 Å². The van der Waals surface area contributed by atoms with Gasteiger partial charge in [-0.1, -0.05) is 29.8 Å². The molecule has 0 bridgehead atoms. The standard InChI is InChI=1S/C21H19N3O3S/c1-14-4-8-18(9-5-14)28(26,27)19-10-6-17(7-11-19)13-24-21(25)20(12-22)15(2)16(3)23-24/h4-11H,13H2,1-3H3. The highest BCUT2D eigenvalue weighted by Crippen LogP contribution is 2.21. The lowest BCUT2D eigenvalue weighted by Crippen LogP contribution is -2.28. The van der Waals surface area contributed by atoms with Gasteiger partial charge in [0.05, 0.1) is 22.0 Å². The van der Waals surface area contributed by atoms with E-state index in [2.05, 4.69) is 5.10 Å². The Bertz CT molecular complexity index is 1230. The number of aryl methyl sites for hydroxylation is 2. The van der Waals surface area contributed by atoms with Crippen LogP contribution in [0, 0.1) is 32.1 Å². The molecule has 0 saturated heterocycles. The Hall–Kier alpha value is -3.24. The molecule has 0 atom stereocenters. The molecule has 0 amide bonds. The summed E-state index contributed by atoms with van der Waals surface area (Å²) in [5.41, 5.74) is 2.49. The van der Waals surface area contributed by atoms with Crippen molar-refractivity contribution in [2.24, 2.45) is 0 Å². The maximum absolute atomic E-state index is 12.7. The largest absolute Gasteiger partial charge is 0.285 e. The fourth-order valence-corrected chi connectivity index (χ4v) is 4.07. The minimum atomic E-state index is -3.60. The molecule has 7 heteroatoms. The summed E-state index contributed by atoms with van der Waals surface area (Å²) in [6.07, 6.45) is 0. The predicted molar refractivity (Wildman–Crippen MR) is 105 cm³/mol. The Balaban J connectivity index is 1.92. The number of rotatable bonds is 4. The average molecular weight is 393 g/mol. The van der Waals surface area contributed by atoms with E-state index in [1.165, 1.54) is 16.8 Å². The monoisotopic (exact) mass is 393 g/mol. The van der Waals surface area contributed by atoms with E-state index in [1.807, 2.05) is 13.0 Å². The number of aromatic nitrogens is 2. The van der Waals surface area contributed by atoms with Gasteiger partial charge in [0.25, 0.3) is 5.56 Å². The number of hydrogen-bond acceptors (Lipinski definition) is 5. The third-order valence-corrected chi connectivity index (χ3v) is 6.43. The van der Waals surface area contributed by atoms with Crippen molar-refractivity contribution in [3.05, 3.63) is 86.8 Å². The Labute approximate surface area is 163 Å². The molecule has 0 radical (unpaired) electrons. The van der Waals surface area contributed by atoms with Crippen molar-refractivity contribution in [2.75, 3.05) is 0 Å². The highest BCUT2D eigenvalue weighted by atomic mass is 32.2. The summed E-state index contributed by atoms with van der Waals surface area (Å²) in [4.78, 5) is 12.8. The molecule has 2 aromatic carbocycles. The Morgan fingerprint density at radius 3 is 2.04 bits per heavy atom. The third kappa shape index (κ3) is 3.59. The Morgan fingerprint density at radius 1 is 0.964 bits per heavy atom. The summed E-state index contributed by atoms with van der Waals surface area (Å²) >= 11 is 0. The van der Waals surface area contributed by atoms with Crippen LogP contribution in [0.4, 0.5) is 0 Å². The predicted octanol–water partition coefficient (Wildman–Crippen LogP) is 2.92. The zero-order chi connectivity index (χ0) is 20.5. The number of sulfone groups is 1. The van der Waals surface area contributed by atoms with Gasteiger partial charge in [-0.25, -0.2) is 13.1 Å². The van der Waals surface area contributed by atoms with Gasteiger partial charge < -0.3 is 0 Å². The molecule has 0 unspecified atom stereocenters. The lowest BCUT2D eigenvalue weighted by atomic mass is 10.1. The first-order chi connectivity index (χ1) is 13.2. The van der Waals surface area contributed by atoms with Gasteiger partial charge in [0, 0.05) is 0 Å². The summed E-state index contributed by atoms with van der Waals surface area (Å²) in [6, 6.07) is 14.9. The van der Waals surface area contributed by atoms with E-state index in [-0.39, 0.29) is 21.9 Å². The Kier molecular flexibility index (Phi) is 5.16. The average Bonchev–Trinajstić information content (AvgIpc) is 2.67. The van der Waals surface area contributed by atoms with E-state index in [0.717, 1.165) is 5.56 Å². The van der Waals surface area contributed by atoms with E-state index in [1.54, 1.807) is 50.2 Å². The van der Waals surface area contributed by atoms with Gasteiger partial charge in [0.15, 0.2) is 0 Å². The van der Waals surface area contributed by atoms with Gasteiger partial charge in [-0.05, 0) is 56.2 Å². The van der Waals surface area contributed by atoms with Crippen molar-refractivity contribution in [3.8, 4) is 6.07 Å². The van der Waals surface area contributed by atoms with Crippen LogP contribution in [0.3, 0.4) is 0 Å². The van der Waals surface area contributed by atoms with E-state index in [4.69, 9.17) is 0 Å². The summed E-state index contributed by atoms with van der Waals surface area (Å²) in [5.74, 6) is 0. The van der Waals surface area contributed by atoms with Crippen LogP contribution in [0.25, 0.3) is 0 Å². The molecule has 0 N–H and O–H groups in total. The SMILES string of the molecule is Cc1ccc(S(=O)(=O)c2ccc(Cn3nc(C)c(C)c(C#N)c3=O)cc2)cc1. The van der Waals surface area contributed by atoms with E-state index in [0.29, 0.717) is 16.8 Å². The topological polar surface area (TPSA) is 92.8 Å². The molecule has 1 aromatic heterocycles. The second-order valence-corrected chi connectivity index (χ2v) is 8.57. The molecule has 0 saturated carbocycles. The molecular formula is C21H19N3O3S. The molecule has 0 aliphatic carbocycles. The zero-order valence-corrected chi connectivity index (χ0v) is 16.6. The van der Waals surface area contributed by atoms with Crippen LogP contribution in [-0.4, -0.2) is 18.2 Å². The molecule has 1 heterocycles. The Morgan fingerprint density at radius 2 is 1.50 bits per heavy atom. The van der Waals surface area contributed by atoms with E-state index < -0.39 is 15.4 Å². The number of nitrogens with zero attached hydrogens (tertiary/aromatic N) is 3. The van der Waals surface area contributed by atoms with Gasteiger partial charge in [-0.15, -0.1) is 0 Å². The first kappa shape index (κ1) is 19.5. The van der Waals surface area contributed by atoms with E-state index >= 15 is 0 Å². The van der Waals surface area contributed by atoms with Gasteiger partial charge in [0.1, 0.15) is 11.6 Å². The second-order valence-electron chi connectivity index (χ2n) is 6.62. The maximum atomic E-state index is 12.7. The summed E-state index contributed by atoms with van der Waals surface area (Å²) in [5, 5.41) is 13.4. The van der Waals surface area contributed by atoms with Crippen molar-refractivity contribution >= 4 is 9.84 Å². The van der Waals surface area contributed by atoms with Gasteiger partial charge in [-0.3, -0.25) is 4.79 Å². The van der Waals surface area contributed by atoms with Crippen LogP contribution in [0.5, 0.6) is 0 Å². The number of nitriles is 1. The van der Waals surface area contributed by atoms with Crippen LogP contribution in [0.2, 0.25) is 0 Å². The molecule has 0 aliphatic heterocycles. The molecule has 28 heavy (non-hydrogen) atoms. The second kappa shape index (κ2) is 7.41. The van der Waals surface area contributed by atoms with E-state index in [9.17, 15) is 18.5 Å². The molecule has 0 spiro atoms. The molecule has 142 valence electrons. The zero-order valence-electron chi connectivity index (χ0n) is 15.8. The smallest absolute Gasteiger partial charge is 0.266 e. The first-order valence-corrected chi connectivity index (χ1v) is 10.1. The van der Waals surface area contributed by atoms with Crippen LogP contribution in [0.1, 0.15) is 27.9 Å². The van der Waals surface area contributed by atoms with Gasteiger partial charge in [0.2, 0.25) is 9.84 Å². The van der Waals surface area contributed by atoms with Crippen LogP contribution in [-0.2, 0) is 16.4 Å². The van der Waals surface area contributed by atoms with Crippen LogP contribution in [0.15, 0.2) is 63.1 Å². The molecule has 0 fully saturated rings. The van der Waals surface area contributed by atoms with Gasteiger partial charge >= 0.3 is 0 Å². The summed E-state index contributed by atoms with van der Waals surface area (Å²) < 4.78 is 26.7. The fourth-order valence-electron chi connectivity index (χ4n) is 2.81. The molecule has 0 aliphatic rings. The molecular weight excluding hydrogens is 374 g/mol. The van der Waals surface area contributed by atoms with Crippen molar-refractivity contribution in [2.45, 2.75) is 37.1 Å². The molecule has 3 rings (SSSR count). The summed E-state index contributed by atoms with van der Waals surface area (Å²) in [6.45, 7) is 5.48. The highest BCUT2D eigenvalue weighted by Gasteiger charge is 2.17. The first-order valence-electron chi connectivity index (χ1n) is 8.63. The van der Waals surface area contributed by atoms with Crippen molar-refractivity contribution in [1.29, 1.82) is 5.26 Å². The van der Waals surface area contributed by atoms with Gasteiger partial charge in [-0.2, -0.15) is 10.4 Å². The maximum Gasteiger partial charge on any atom is 0.285 e. The fraction of sp³-hybridized carbons (Fsp3) is 0.190. The lowest BCUT2D eigenvalue weighted by molar-refractivity contribution is 0.595. The normalized spacial score (nSPS) is 11.2. The van der Waals surface area contributed by atoms with Crippen molar-refractivity contribution in [1.82, 2.24) is 9.78 Å². The quantitative estimate of drug-likeness (QED) is 0.679. The minimum Gasteiger partial charge on any atom is -0.266 e. The lowest BCUT2D eigenvalue weighted by Gasteiger charge is -2.10.